The molecule has 0 N–H and O–H groups in total. The lowest BCUT2D eigenvalue weighted by Crippen LogP contribution is -2.37. The van der Waals surface area contributed by atoms with Crippen LogP contribution in [0.3, 0.4) is 0 Å². The van der Waals surface area contributed by atoms with Crippen LogP contribution in [0.2, 0.25) is 0 Å². The number of nitrogens with zero attached hydrogens (tertiary/aromatic N) is 1. The monoisotopic (exact) mass is 197 g/mol. The Morgan fingerprint density at radius 2 is 1.93 bits per heavy atom. The summed E-state index contributed by atoms with van der Waals surface area (Å²) < 4.78 is 0. The van der Waals surface area contributed by atoms with Gasteiger partial charge in [0.25, 0.3) is 0 Å². The van der Waals surface area contributed by atoms with Gasteiger partial charge in [-0.15, -0.1) is 0 Å². The topological polar surface area (TPSA) is 3.24 Å². The Morgan fingerprint density at radius 3 is 2.43 bits per heavy atom. The van der Waals surface area contributed by atoms with E-state index in [1.807, 2.05) is 0 Å². The van der Waals surface area contributed by atoms with Crippen molar-refractivity contribution in [2.24, 2.45) is 11.3 Å². The summed E-state index contributed by atoms with van der Waals surface area (Å²) in [6.07, 6.45) is 7.20. The third-order valence-corrected chi connectivity index (χ3v) is 3.90. The van der Waals surface area contributed by atoms with Crippen LogP contribution < -0.4 is 0 Å². The summed E-state index contributed by atoms with van der Waals surface area (Å²) in [6.45, 7) is 9.49. The van der Waals surface area contributed by atoms with Gasteiger partial charge in [-0.3, -0.25) is 0 Å². The van der Waals surface area contributed by atoms with Crippen LogP contribution in [-0.4, -0.2) is 25.0 Å². The lowest BCUT2D eigenvalue weighted by molar-refractivity contribution is 0.0499. The predicted octanol–water partition coefficient (Wildman–Crippen LogP) is 3.54. The molecular weight excluding hydrogens is 170 g/mol. The molecule has 0 heterocycles. The Morgan fingerprint density at radius 1 is 1.29 bits per heavy atom. The van der Waals surface area contributed by atoms with Gasteiger partial charge in [-0.25, -0.2) is 0 Å². The minimum atomic E-state index is 0.684. The minimum Gasteiger partial charge on any atom is -0.307 e. The standard InChI is InChI=1S/C13H27N/c1-5-7-12-10-13(3,11-12)8-9-14(4)6-2/h12H,5-11H2,1-4H3. The molecule has 0 bridgehead atoms. The SMILES string of the molecule is CCCC1CC(C)(CCN(C)CC)C1. The zero-order valence-corrected chi connectivity index (χ0v) is 10.5. The molecule has 0 atom stereocenters. The lowest BCUT2D eigenvalue weighted by Gasteiger charge is -2.46. The average molecular weight is 197 g/mol. The van der Waals surface area contributed by atoms with Gasteiger partial charge < -0.3 is 4.90 Å². The molecule has 14 heavy (non-hydrogen) atoms. The van der Waals surface area contributed by atoms with Crippen molar-refractivity contribution in [3.8, 4) is 0 Å². The second-order valence-electron chi connectivity index (χ2n) is 5.52. The molecule has 84 valence electrons. The third-order valence-electron chi connectivity index (χ3n) is 3.90. The summed E-state index contributed by atoms with van der Waals surface area (Å²) in [6, 6.07) is 0. The van der Waals surface area contributed by atoms with Crippen LogP contribution in [0.5, 0.6) is 0 Å². The van der Waals surface area contributed by atoms with E-state index < -0.39 is 0 Å². The van der Waals surface area contributed by atoms with E-state index >= 15 is 0 Å². The molecule has 1 nitrogen and oxygen atoms in total. The first kappa shape index (κ1) is 12.0. The van der Waals surface area contributed by atoms with E-state index in [1.165, 1.54) is 45.2 Å². The van der Waals surface area contributed by atoms with Crippen molar-refractivity contribution in [2.45, 2.75) is 52.9 Å². The number of hydrogen-bond acceptors (Lipinski definition) is 1. The summed E-state index contributed by atoms with van der Waals surface area (Å²) >= 11 is 0. The summed E-state index contributed by atoms with van der Waals surface area (Å²) in [4.78, 5) is 2.43. The van der Waals surface area contributed by atoms with E-state index in [1.54, 1.807) is 0 Å². The molecule has 0 aliphatic heterocycles. The summed E-state index contributed by atoms with van der Waals surface area (Å²) in [5, 5.41) is 0. The highest BCUT2D eigenvalue weighted by molar-refractivity contribution is 4.90. The summed E-state index contributed by atoms with van der Waals surface area (Å²) in [5.41, 5.74) is 0.684. The average Bonchev–Trinajstić information content (AvgIpc) is 2.12. The van der Waals surface area contributed by atoms with Gasteiger partial charge >= 0.3 is 0 Å². The molecule has 0 unspecified atom stereocenters. The predicted molar refractivity (Wildman–Crippen MR) is 63.5 cm³/mol. The van der Waals surface area contributed by atoms with Crippen LogP contribution in [0.25, 0.3) is 0 Å². The van der Waals surface area contributed by atoms with Gasteiger partial charge in [0.2, 0.25) is 0 Å². The van der Waals surface area contributed by atoms with E-state index in [-0.39, 0.29) is 0 Å². The van der Waals surface area contributed by atoms with Crippen LogP contribution in [0, 0.1) is 11.3 Å². The van der Waals surface area contributed by atoms with Crippen molar-refractivity contribution < 1.29 is 0 Å². The van der Waals surface area contributed by atoms with Crippen LogP contribution in [0.15, 0.2) is 0 Å². The zero-order chi connectivity index (χ0) is 10.6. The minimum absolute atomic E-state index is 0.684. The zero-order valence-electron chi connectivity index (χ0n) is 10.5. The smallest absolute Gasteiger partial charge is 0.00167 e. The molecule has 0 radical (unpaired) electrons. The Bertz CT molecular complexity index is 159. The fourth-order valence-electron chi connectivity index (χ4n) is 2.77. The molecule has 1 fully saturated rings. The highest BCUT2D eigenvalue weighted by Crippen LogP contribution is 2.49. The van der Waals surface area contributed by atoms with Crippen LogP contribution >= 0.6 is 0 Å². The van der Waals surface area contributed by atoms with E-state index in [0.717, 1.165) is 5.92 Å². The first-order chi connectivity index (χ1) is 6.59. The van der Waals surface area contributed by atoms with Gasteiger partial charge in [0.15, 0.2) is 0 Å². The first-order valence-electron chi connectivity index (χ1n) is 6.28. The van der Waals surface area contributed by atoms with E-state index in [2.05, 4.69) is 32.7 Å². The summed E-state index contributed by atoms with van der Waals surface area (Å²) in [7, 11) is 2.23. The molecule has 0 aromatic rings. The van der Waals surface area contributed by atoms with Crippen molar-refractivity contribution in [3.05, 3.63) is 0 Å². The van der Waals surface area contributed by atoms with Gasteiger partial charge in [-0.1, -0.05) is 33.6 Å². The van der Waals surface area contributed by atoms with E-state index in [0.29, 0.717) is 5.41 Å². The number of hydrogen-bond donors (Lipinski definition) is 0. The Hall–Kier alpha value is -0.0400. The molecule has 0 aromatic carbocycles. The molecule has 1 aliphatic rings. The maximum absolute atomic E-state index is 2.47. The molecule has 1 aliphatic carbocycles. The molecule has 0 amide bonds. The highest BCUT2D eigenvalue weighted by Gasteiger charge is 2.38. The Labute approximate surface area is 89.9 Å². The molecule has 0 aromatic heterocycles. The van der Waals surface area contributed by atoms with E-state index in [4.69, 9.17) is 0 Å². The Balaban J connectivity index is 2.14. The molecule has 1 saturated carbocycles. The maximum atomic E-state index is 2.47. The molecular formula is C13H27N. The van der Waals surface area contributed by atoms with Gasteiger partial charge in [-0.05, 0) is 50.7 Å². The molecule has 0 saturated heterocycles. The van der Waals surface area contributed by atoms with Crippen molar-refractivity contribution in [1.29, 1.82) is 0 Å². The van der Waals surface area contributed by atoms with Gasteiger partial charge in [-0.2, -0.15) is 0 Å². The van der Waals surface area contributed by atoms with Crippen LogP contribution in [0.4, 0.5) is 0 Å². The maximum Gasteiger partial charge on any atom is -0.00167 e. The van der Waals surface area contributed by atoms with Crippen molar-refractivity contribution in [3.63, 3.8) is 0 Å². The van der Waals surface area contributed by atoms with E-state index in [9.17, 15) is 0 Å². The van der Waals surface area contributed by atoms with Gasteiger partial charge in [0.1, 0.15) is 0 Å². The second-order valence-corrected chi connectivity index (χ2v) is 5.52. The number of rotatable bonds is 6. The van der Waals surface area contributed by atoms with Crippen LogP contribution in [0.1, 0.15) is 52.9 Å². The van der Waals surface area contributed by atoms with Crippen molar-refractivity contribution >= 4 is 0 Å². The Kier molecular flexibility index (Phi) is 4.43. The fourth-order valence-corrected chi connectivity index (χ4v) is 2.77. The highest BCUT2D eigenvalue weighted by atomic mass is 15.1. The van der Waals surface area contributed by atoms with Gasteiger partial charge in [0, 0.05) is 0 Å². The first-order valence-corrected chi connectivity index (χ1v) is 6.28. The normalized spacial score (nSPS) is 31.9. The summed E-state index contributed by atoms with van der Waals surface area (Å²) in [5.74, 6) is 1.05. The lowest BCUT2D eigenvalue weighted by atomic mass is 9.60. The van der Waals surface area contributed by atoms with Crippen LogP contribution in [-0.2, 0) is 0 Å². The largest absolute Gasteiger partial charge is 0.307 e. The van der Waals surface area contributed by atoms with Crippen molar-refractivity contribution in [2.75, 3.05) is 20.1 Å². The molecule has 1 rings (SSSR count). The molecule has 1 heteroatoms. The fraction of sp³-hybridized carbons (Fsp3) is 1.00. The van der Waals surface area contributed by atoms with Gasteiger partial charge in [0.05, 0.1) is 0 Å². The second kappa shape index (κ2) is 5.16. The van der Waals surface area contributed by atoms with Crippen molar-refractivity contribution in [1.82, 2.24) is 4.90 Å². The third kappa shape index (κ3) is 3.27. The quantitative estimate of drug-likeness (QED) is 0.629. The molecule has 0 spiro atoms.